The zero-order valence-electron chi connectivity index (χ0n) is 17.2. The van der Waals surface area contributed by atoms with E-state index in [2.05, 4.69) is 14.7 Å². The van der Waals surface area contributed by atoms with Crippen molar-refractivity contribution in [2.45, 2.75) is 27.4 Å². The Kier molecular flexibility index (Phi) is 6.69. The first-order valence-electron chi connectivity index (χ1n) is 9.27. The van der Waals surface area contributed by atoms with E-state index in [9.17, 15) is 18.4 Å². The standard InChI is InChI=1S/C21H20F2N2O5S/c1-5-29-20(27)13(8-12-6-7-14(30-21(22)23)15(9-12)28-4)17-24-18(26)16-10(2)11(3)31-19(16)25-17/h6-9,21H,5H2,1-4H3,(H,24,25,26)/b13-8-. The number of nitrogens with zero attached hydrogens (tertiary/aromatic N) is 1. The van der Waals surface area contributed by atoms with E-state index in [1.54, 1.807) is 6.92 Å². The third-order valence-corrected chi connectivity index (χ3v) is 5.61. The van der Waals surface area contributed by atoms with Crippen LogP contribution in [0.4, 0.5) is 8.78 Å². The summed E-state index contributed by atoms with van der Waals surface area (Å²) in [5.41, 5.74) is 0.911. The Morgan fingerprint density at radius 2 is 2.03 bits per heavy atom. The Morgan fingerprint density at radius 1 is 1.29 bits per heavy atom. The molecule has 31 heavy (non-hydrogen) atoms. The molecule has 1 N–H and O–H groups in total. The van der Waals surface area contributed by atoms with Gasteiger partial charge < -0.3 is 19.2 Å². The molecule has 3 aromatic rings. The summed E-state index contributed by atoms with van der Waals surface area (Å²) < 4.78 is 39.8. The molecule has 7 nitrogen and oxygen atoms in total. The van der Waals surface area contributed by atoms with Crippen LogP contribution >= 0.6 is 11.3 Å². The molecule has 0 aliphatic carbocycles. The number of esters is 1. The first-order chi connectivity index (χ1) is 14.7. The minimum atomic E-state index is -3.01. The number of carbonyl (C=O) groups excluding carboxylic acids is 1. The number of nitrogens with one attached hydrogen (secondary N) is 1. The maximum atomic E-state index is 12.6. The smallest absolute Gasteiger partial charge is 0.387 e. The maximum Gasteiger partial charge on any atom is 0.387 e. The van der Waals surface area contributed by atoms with Crippen LogP contribution in [0.2, 0.25) is 0 Å². The fourth-order valence-electron chi connectivity index (χ4n) is 2.95. The van der Waals surface area contributed by atoms with E-state index in [0.717, 1.165) is 10.4 Å². The molecule has 2 heterocycles. The fraction of sp³-hybridized carbons (Fsp3) is 0.286. The SMILES string of the molecule is CCOC(=O)/C(=C\c1ccc(OC(F)F)c(OC)c1)c1nc2sc(C)c(C)c2c(=O)[nH]1. The molecule has 10 heteroatoms. The zero-order chi connectivity index (χ0) is 22.7. The van der Waals surface area contributed by atoms with Gasteiger partial charge in [-0.05, 0) is 50.1 Å². The quantitative estimate of drug-likeness (QED) is 0.426. The van der Waals surface area contributed by atoms with Crippen LogP contribution in [0.5, 0.6) is 11.5 Å². The molecule has 0 saturated heterocycles. The van der Waals surface area contributed by atoms with Gasteiger partial charge in [-0.2, -0.15) is 8.78 Å². The van der Waals surface area contributed by atoms with Crippen LogP contribution in [0.1, 0.15) is 28.8 Å². The Balaban J connectivity index is 2.14. The average Bonchev–Trinajstić information content (AvgIpc) is 3.00. The molecule has 164 valence electrons. The second kappa shape index (κ2) is 9.25. The highest BCUT2D eigenvalue weighted by Crippen LogP contribution is 2.31. The van der Waals surface area contributed by atoms with Crippen molar-refractivity contribution >= 4 is 39.2 Å². The van der Waals surface area contributed by atoms with Crippen molar-refractivity contribution in [3.8, 4) is 11.5 Å². The van der Waals surface area contributed by atoms with Gasteiger partial charge in [0, 0.05) is 4.88 Å². The predicted octanol–water partition coefficient (Wildman–Crippen LogP) is 4.32. The van der Waals surface area contributed by atoms with E-state index >= 15 is 0 Å². The van der Waals surface area contributed by atoms with Crippen molar-refractivity contribution in [1.82, 2.24) is 9.97 Å². The lowest BCUT2D eigenvalue weighted by Gasteiger charge is -2.11. The maximum absolute atomic E-state index is 12.6. The first-order valence-corrected chi connectivity index (χ1v) is 10.1. The Bertz CT molecular complexity index is 1220. The minimum absolute atomic E-state index is 0.00846. The van der Waals surface area contributed by atoms with E-state index in [1.807, 2.05) is 13.8 Å². The highest BCUT2D eigenvalue weighted by molar-refractivity contribution is 7.18. The van der Waals surface area contributed by atoms with Gasteiger partial charge in [-0.15, -0.1) is 11.3 Å². The number of aromatic amines is 1. The van der Waals surface area contributed by atoms with Gasteiger partial charge in [0.25, 0.3) is 5.56 Å². The van der Waals surface area contributed by atoms with Crippen molar-refractivity contribution in [1.29, 1.82) is 0 Å². The predicted molar refractivity (Wildman–Crippen MR) is 114 cm³/mol. The van der Waals surface area contributed by atoms with Gasteiger partial charge >= 0.3 is 12.6 Å². The van der Waals surface area contributed by atoms with Gasteiger partial charge in [0.15, 0.2) is 11.5 Å². The van der Waals surface area contributed by atoms with E-state index in [0.29, 0.717) is 15.8 Å². The number of halogens is 2. The number of hydrogen-bond acceptors (Lipinski definition) is 7. The summed E-state index contributed by atoms with van der Waals surface area (Å²) in [6, 6.07) is 4.19. The van der Waals surface area contributed by atoms with Gasteiger partial charge in [-0.1, -0.05) is 6.07 Å². The Morgan fingerprint density at radius 3 is 2.68 bits per heavy atom. The third kappa shape index (κ3) is 4.74. The zero-order valence-corrected chi connectivity index (χ0v) is 18.1. The van der Waals surface area contributed by atoms with Crippen LogP contribution in [0.25, 0.3) is 21.9 Å². The molecule has 0 aliphatic heterocycles. The summed E-state index contributed by atoms with van der Waals surface area (Å²) in [7, 11) is 1.31. The van der Waals surface area contributed by atoms with Crippen molar-refractivity contribution in [2.24, 2.45) is 0 Å². The van der Waals surface area contributed by atoms with E-state index in [-0.39, 0.29) is 35.1 Å². The topological polar surface area (TPSA) is 90.5 Å². The number of thiophene rings is 1. The number of alkyl halides is 2. The molecular weight excluding hydrogens is 430 g/mol. The Hall–Kier alpha value is -3.27. The number of H-pyrrole nitrogens is 1. The summed E-state index contributed by atoms with van der Waals surface area (Å²) >= 11 is 1.35. The van der Waals surface area contributed by atoms with Crippen LogP contribution in [-0.2, 0) is 9.53 Å². The van der Waals surface area contributed by atoms with E-state index < -0.39 is 12.6 Å². The second-order valence-electron chi connectivity index (χ2n) is 6.45. The molecule has 3 rings (SSSR count). The highest BCUT2D eigenvalue weighted by atomic mass is 32.1. The number of aromatic nitrogens is 2. The summed E-state index contributed by atoms with van der Waals surface area (Å²) in [5.74, 6) is -0.741. The summed E-state index contributed by atoms with van der Waals surface area (Å²) in [5, 5.41) is 0.477. The van der Waals surface area contributed by atoms with Gasteiger partial charge in [-0.3, -0.25) is 4.79 Å². The average molecular weight is 450 g/mol. The molecule has 0 spiro atoms. The number of rotatable bonds is 7. The molecule has 0 aliphatic rings. The molecule has 2 aromatic heterocycles. The molecule has 0 amide bonds. The van der Waals surface area contributed by atoms with E-state index in [4.69, 9.17) is 9.47 Å². The largest absolute Gasteiger partial charge is 0.493 e. The molecule has 0 unspecified atom stereocenters. The van der Waals surface area contributed by atoms with Crippen molar-refractivity contribution in [3.05, 3.63) is 50.4 Å². The van der Waals surface area contributed by atoms with Crippen LogP contribution in [0, 0.1) is 13.8 Å². The lowest BCUT2D eigenvalue weighted by molar-refractivity contribution is -0.136. The lowest BCUT2D eigenvalue weighted by Crippen LogP contribution is -2.15. The molecular formula is C21H20F2N2O5S. The van der Waals surface area contributed by atoms with Gasteiger partial charge in [0.2, 0.25) is 0 Å². The van der Waals surface area contributed by atoms with Crippen LogP contribution in [0.15, 0.2) is 23.0 Å². The monoisotopic (exact) mass is 450 g/mol. The number of ether oxygens (including phenoxy) is 3. The number of benzene rings is 1. The van der Waals surface area contributed by atoms with Crippen LogP contribution in [-0.4, -0.2) is 36.3 Å². The highest BCUT2D eigenvalue weighted by Gasteiger charge is 2.20. The van der Waals surface area contributed by atoms with Crippen molar-refractivity contribution < 1.29 is 27.8 Å². The summed E-state index contributed by atoms with van der Waals surface area (Å²) in [4.78, 5) is 33.8. The third-order valence-electron chi connectivity index (χ3n) is 4.50. The van der Waals surface area contributed by atoms with Gasteiger partial charge in [0.1, 0.15) is 16.2 Å². The summed E-state index contributed by atoms with van der Waals surface area (Å²) in [6.45, 7) is 2.48. The fourth-order valence-corrected chi connectivity index (χ4v) is 3.98. The molecule has 0 atom stereocenters. The molecule has 1 aromatic carbocycles. The molecule has 0 radical (unpaired) electrons. The minimum Gasteiger partial charge on any atom is -0.493 e. The number of aryl methyl sites for hydroxylation is 2. The van der Waals surface area contributed by atoms with Gasteiger partial charge in [-0.25, -0.2) is 9.78 Å². The van der Waals surface area contributed by atoms with Crippen molar-refractivity contribution in [2.75, 3.05) is 13.7 Å². The van der Waals surface area contributed by atoms with Crippen LogP contribution in [0.3, 0.4) is 0 Å². The number of fused-ring (bicyclic) bond motifs is 1. The number of methoxy groups -OCH3 is 1. The van der Waals surface area contributed by atoms with Crippen molar-refractivity contribution in [3.63, 3.8) is 0 Å². The molecule has 0 fully saturated rings. The normalized spacial score (nSPS) is 11.8. The number of hydrogen-bond donors (Lipinski definition) is 1. The van der Waals surface area contributed by atoms with Gasteiger partial charge in [0.05, 0.1) is 19.1 Å². The van der Waals surface area contributed by atoms with Crippen LogP contribution < -0.4 is 15.0 Å². The number of carbonyl (C=O) groups is 1. The first kappa shape index (κ1) is 22.4. The van der Waals surface area contributed by atoms with E-state index in [1.165, 1.54) is 42.7 Å². The lowest BCUT2D eigenvalue weighted by atomic mass is 10.1. The molecule has 0 saturated carbocycles. The Labute approximate surface area is 180 Å². The second-order valence-corrected chi connectivity index (χ2v) is 7.65. The summed E-state index contributed by atoms with van der Waals surface area (Å²) in [6.07, 6.45) is 1.43. The molecule has 0 bridgehead atoms.